The van der Waals surface area contributed by atoms with Crippen LogP contribution < -0.4 is 10.5 Å². The maximum atomic E-state index is 12.2. The van der Waals surface area contributed by atoms with Crippen LogP contribution in [0.25, 0.3) is 0 Å². The molecule has 0 fully saturated rings. The minimum Gasteiger partial charge on any atom is -0.323 e. The Morgan fingerprint density at radius 2 is 2.00 bits per heavy atom. The number of sulfonamides is 1. The van der Waals surface area contributed by atoms with Gasteiger partial charge >= 0.3 is 0 Å². The van der Waals surface area contributed by atoms with Crippen LogP contribution in [0.5, 0.6) is 0 Å². The number of nitrogens with one attached hydrogen (secondary N) is 1. The highest BCUT2D eigenvalue weighted by Crippen LogP contribution is 2.17. The third-order valence-corrected chi connectivity index (χ3v) is 4.81. The van der Waals surface area contributed by atoms with Gasteiger partial charge in [-0.2, -0.15) is 0 Å². The summed E-state index contributed by atoms with van der Waals surface area (Å²) < 4.78 is 26.8. The summed E-state index contributed by atoms with van der Waals surface area (Å²) in [5, 5.41) is 0.287. The smallest absolute Gasteiger partial charge is 0.242 e. The number of pyridine rings is 1. The Bertz CT molecular complexity index is 720. The van der Waals surface area contributed by atoms with E-state index in [2.05, 4.69) is 9.71 Å². The van der Waals surface area contributed by atoms with Crippen molar-refractivity contribution >= 4 is 21.6 Å². The summed E-state index contributed by atoms with van der Waals surface area (Å²) >= 11 is 5.79. The predicted octanol–water partition coefficient (Wildman–Crippen LogP) is 2.02. The first-order valence-corrected chi connectivity index (χ1v) is 8.18. The number of halogens is 1. The SMILES string of the molecule is Cc1cc(S(=O)(=O)NC[C@H](N)c2ccccc2)cnc1Cl. The molecular formula is C14H16ClN3O2S. The Morgan fingerprint density at radius 1 is 1.33 bits per heavy atom. The number of hydrogen-bond donors (Lipinski definition) is 2. The molecule has 21 heavy (non-hydrogen) atoms. The van der Waals surface area contributed by atoms with Gasteiger partial charge in [-0.3, -0.25) is 0 Å². The monoisotopic (exact) mass is 325 g/mol. The first kappa shape index (κ1) is 15.9. The van der Waals surface area contributed by atoms with Gasteiger partial charge in [0.1, 0.15) is 10.0 Å². The summed E-state index contributed by atoms with van der Waals surface area (Å²) in [6, 6.07) is 10.4. The van der Waals surface area contributed by atoms with Gasteiger partial charge in [0.2, 0.25) is 10.0 Å². The fraction of sp³-hybridized carbons (Fsp3) is 0.214. The molecule has 1 aromatic carbocycles. The van der Waals surface area contributed by atoms with E-state index in [1.165, 1.54) is 12.3 Å². The van der Waals surface area contributed by atoms with Crippen molar-refractivity contribution in [3.8, 4) is 0 Å². The molecule has 0 aliphatic heterocycles. The zero-order valence-corrected chi connectivity index (χ0v) is 13.0. The number of aromatic nitrogens is 1. The van der Waals surface area contributed by atoms with Gasteiger partial charge in [0.25, 0.3) is 0 Å². The summed E-state index contributed by atoms with van der Waals surface area (Å²) in [5.41, 5.74) is 7.44. The summed E-state index contributed by atoms with van der Waals surface area (Å²) in [7, 11) is -3.65. The minimum atomic E-state index is -3.65. The van der Waals surface area contributed by atoms with Gasteiger partial charge in [-0.25, -0.2) is 18.1 Å². The second-order valence-electron chi connectivity index (χ2n) is 4.65. The van der Waals surface area contributed by atoms with Gasteiger partial charge in [-0.1, -0.05) is 41.9 Å². The first-order chi connectivity index (χ1) is 9.90. The second-order valence-corrected chi connectivity index (χ2v) is 6.77. The zero-order chi connectivity index (χ0) is 15.5. The Balaban J connectivity index is 2.09. The molecule has 0 amide bonds. The molecule has 1 heterocycles. The molecule has 2 rings (SSSR count). The average Bonchev–Trinajstić information content (AvgIpc) is 2.48. The topological polar surface area (TPSA) is 85.1 Å². The molecule has 0 aliphatic carbocycles. The van der Waals surface area contributed by atoms with Gasteiger partial charge in [0.05, 0.1) is 0 Å². The van der Waals surface area contributed by atoms with Crippen LogP contribution in [0, 0.1) is 6.92 Å². The van der Waals surface area contributed by atoms with Crippen molar-refractivity contribution in [2.75, 3.05) is 6.54 Å². The molecule has 0 unspecified atom stereocenters. The van der Waals surface area contributed by atoms with Crippen molar-refractivity contribution in [2.24, 2.45) is 5.73 Å². The van der Waals surface area contributed by atoms with Crippen molar-refractivity contribution < 1.29 is 8.42 Å². The highest BCUT2D eigenvalue weighted by atomic mass is 35.5. The van der Waals surface area contributed by atoms with Crippen LogP contribution in [0.4, 0.5) is 0 Å². The second kappa shape index (κ2) is 6.53. The third kappa shape index (κ3) is 4.01. The molecular weight excluding hydrogens is 310 g/mol. The lowest BCUT2D eigenvalue weighted by Crippen LogP contribution is -2.32. The molecule has 0 saturated carbocycles. The summed E-state index contributed by atoms with van der Waals surface area (Å²) in [6.45, 7) is 1.80. The molecule has 7 heteroatoms. The van der Waals surface area contributed by atoms with E-state index in [1.54, 1.807) is 6.92 Å². The minimum absolute atomic E-state index is 0.0738. The van der Waals surface area contributed by atoms with Crippen molar-refractivity contribution in [3.05, 3.63) is 58.9 Å². The number of benzene rings is 1. The Labute approximate surface area is 129 Å². The lowest BCUT2D eigenvalue weighted by Gasteiger charge is -2.13. The molecule has 2 aromatic rings. The predicted molar refractivity (Wildman–Crippen MR) is 82.5 cm³/mol. The summed E-state index contributed by atoms with van der Waals surface area (Å²) in [5.74, 6) is 0. The van der Waals surface area contributed by atoms with Gasteiger partial charge in [0, 0.05) is 18.8 Å². The molecule has 0 spiro atoms. The molecule has 5 nitrogen and oxygen atoms in total. The van der Waals surface area contributed by atoms with Crippen molar-refractivity contribution in [3.63, 3.8) is 0 Å². The number of nitrogens with two attached hydrogens (primary N) is 1. The van der Waals surface area contributed by atoms with Crippen LogP contribution in [0.15, 0.2) is 47.5 Å². The van der Waals surface area contributed by atoms with Gasteiger partial charge in [0.15, 0.2) is 0 Å². The van der Waals surface area contributed by atoms with Crippen molar-refractivity contribution in [2.45, 2.75) is 17.9 Å². The number of rotatable bonds is 5. The normalized spacial score (nSPS) is 13.1. The quantitative estimate of drug-likeness (QED) is 0.824. The van der Waals surface area contributed by atoms with Gasteiger partial charge in [-0.05, 0) is 24.1 Å². The fourth-order valence-electron chi connectivity index (χ4n) is 1.78. The number of hydrogen-bond acceptors (Lipinski definition) is 4. The highest BCUT2D eigenvalue weighted by Gasteiger charge is 2.17. The standard InChI is InChI=1S/C14H16ClN3O2S/c1-10-7-12(8-17-14(10)15)21(19,20)18-9-13(16)11-5-3-2-4-6-11/h2-8,13,18H,9,16H2,1H3/t13-/m0/s1. The third-order valence-electron chi connectivity index (χ3n) is 3.02. The average molecular weight is 326 g/mol. The van der Waals surface area contributed by atoms with Crippen LogP contribution in [0.2, 0.25) is 5.15 Å². The van der Waals surface area contributed by atoms with E-state index in [9.17, 15) is 8.42 Å². The Hall–Kier alpha value is -1.47. The molecule has 0 saturated heterocycles. The van der Waals surface area contributed by atoms with Crippen LogP contribution >= 0.6 is 11.6 Å². The maximum absolute atomic E-state index is 12.2. The molecule has 0 radical (unpaired) electrons. The number of nitrogens with zero attached hydrogens (tertiary/aromatic N) is 1. The van der Waals surface area contributed by atoms with E-state index in [4.69, 9.17) is 17.3 Å². The van der Waals surface area contributed by atoms with Crippen LogP contribution in [-0.4, -0.2) is 19.9 Å². The van der Waals surface area contributed by atoms with E-state index >= 15 is 0 Å². The Kier molecular flexibility index (Phi) is 4.95. The summed E-state index contributed by atoms with van der Waals surface area (Å²) in [4.78, 5) is 3.92. The van der Waals surface area contributed by atoms with E-state index in [0.717, 1.165) is 5.56 Å². The first-order valence-electron chi connectivity index (χ1n) is 6.32. The van der Waals surface area contributed by atoms with Gasteiger partial charge < -0.3 is 5.73 Å². The van der Waals surface area contributed by atoms with E-state index < -0.39 is 16.1 Å². The summed E-state index contributed by atoms with van der Waals surface area (Å²) in [6.07, 6.45) is 1.23. The van der Waals surface area contributed by atoms with E-state index in [-0.39, 0.29) is 16.6 Å². The van der Waals surface area contributed by atoms with E-state index in [0.29, 0.717) is 5.56 Å². The maximum Gasteiger partial charge on any atom is 0.242 e. The lowest BCUT2D eigenvalue weighted by atomic mass is 10.1. The van der Waals surface area contributed by atoms with Crippen LogP contribution in [-0.2, 0) is 10.0 Å². The van der Waals surface area contributed by atoms with Gasteiger partial charge in [-0.15, -0.1) is 0 Å². The van der Waals surface area contributed by atoms with E-state index in [1.807, 2.05) is 30.3 Å². The Morgan fingerprint density at radius 3 is 2.62 bits per heavy atom. The van der Waals surface area contributed by atoms with Crippen molar-refractivity contribution in [1.29, 1.82) is 0 Å². The molecule has 3 N–H and O–H groups in total. The molecule has 1 atom stereocenters. The van der Waals surface area contributed by atoms with Crippen LogP contribution in [0.3, 0.4) is 0 Å². The molecule has 0 bridgehead atoms. The van der Waals surface area contributed by atoms with Crippen LogP contribution in [0.1, 0.15) is 17.2 Å². The lowest BCUT2D eigenvalue weighted by molar-refractivity contribution is 0.572. The largest absolute Gasteiger partial charge is 0.323 e. The highest BCUT2D eigenvalue weighted by molar-refractivity contribution is 7.89. The molecule has 0 aliphatic rings. The molecule has 1 aromatic heterocycles. The zero-order valence-electron chi connectivity index (χ0n) is 11.5. The number of aryl methyl sites for hydroxylation is 1. The fourth-order valence-corrected chi connectivity index (χ4v) is 2.97. The molecule has 112 valence electrons. The van der Waals surface area contributed by atoms with Crippen molar-refractivity contribution in [1.82, 2.24) is 9.71 Å².